The van der Waals surface area contributed by atoms with Gasteiger partial charge in [0.15, 0.2) is 11.5 Å². The number of esters is 2. The van der Waals surface area contributed by atoms with E-state index in [0.717, 1.165) is 25.7 Å². The molecule has 7 heteroatoms. The predicted octanol–water partition coefficient (Wildman–Crippen LogP) is 9.86. The second kappa shape index (κ2) is 22.6. The van der Waals surface area contributed by atoms with E-state index < -0.39 is 0 Å². The van der Waals surface area contributed by atoms with E-state index in [1.807, 2.05) is 0 Å². The third-order valence-corrected chi connectivity index (χ3v) is 6.84. The van der Waals surface area contributed by atoms with E-state index in [1.54, 1.807) is 48.5 Å². The fourth-order valence-electron chi connectivity index (χ4n) is 4.39. The van der Waals surface area contributed by atoms with Crippen molar-refractivity contribution in [2.24, 2.45) is 0 Å². The highest BCUT2D eigenvalue weighted by Gasteiger charge is 2.08. The molecule has 2 rings (SSSR count). The van der Waals surface area contributed by atoms with Gasteiger partial charge >= 0.3 is 11.9 Å². The molecule has 2 aromatic carbocycles. The van der Waals surface area contributed by atoms with Crippen LogP contribution in [0.2, 0.25) is 0 Å². The second-order valence-corrected chi connectivity index (χ2v) is 10.6. The summed E-state index contributed by atoms with van der Waals surface area (Å²) in [7, 11) is 0. The highest BCUT2D eigenvalue weighted by Crippen LogP contribution is 2.21. The molecule has 0 heterocycles. The molecule has 0 aromatic heterocycles. The molecule has 0 saturated carbocycles. The van der Waals surface area contributed by atoms with Crippen LogP contribution in [0.25, 0.3) is 0 Å². The highest BCUT2D eigenvalue weighted by molar-refractivity contribution is 5.72. The molecule has 0 atom stereocenters. The van der Waals surface area contributed by atoms with Crippen molar-refractivity contribution in [3.8, 4) is 23.0 Å². The summed E-state index contributed by atoms with van der Waals surface area (Å²) in [5, 5.41) is 4.85. The Morgan fingerprint density at radius 1 is 0.439 bits per heavy atom. The lowest BCUT2D eigenvalue weighted by Crippen LogP contribution is -2.08. The average molecular weight is 571 g/mol. The number of rotatable bonds is 24. The standard InChI is InChI=1S/C34H50O7/c1-3-5-7-9-11-13-15-17-19-33(35)37-29-21-25-31(26-22-29)39-41-40-32-27-23-30(24-28-32)38-34(36)20-18-16-14-12-10-8-6-4-2/h21-28H,3-20H2,1-2H3. The Kier molecular flexibility index (Phi) is 18.8. The SMILES string of the molecule is CCCCCCCCCCC(=O)Oc1ccc(OOOc2ccc(OC(=O)CCCCCCCCCC)cc2)cc1. The zero-order valence-electron chi connectivity index (χ0n) is 25.2. The van der Waals surface area contributed by atoms with Gasteiger partial charge in [0, 0.05) is 17.9 Å². The van der Waals surface area contributed by atoms with Crippen molar-refractivity contribution in [3.63, 3.8) is 0 Å². The van der Waals surface area contributed by atoms with Crippen LogP contribution < -0.4 is 19.2 Å². The van der Waals surface area contributed by atoms with Crippen molar-refractivity contribution in [2.45, 2.75) is 129 Å². The average Bonchev–Trinajstić information content (AvgIpc) is 2.97. The molecular formula is C34H50O7. The Morgan fingerprint density at radius 2 is 0.732 bits per heavy atom. The van der Waals surface area contributed by atoms with Gasteiger partial charge in [0.1, 0.15) is 11.5 Å². The van der Waals surface area contributed by atoms with Crippen LogP contribution in [0.5, 0.6) is 23.0 Å². The van der Waals surface area contributed by atoms with Crippen molar-refractivity contribution in [2.75, 3.05) is 0 Å². The Labute approximate surface area is 246 Å². The third kappa shape index (κ3) is 17.4. The molecule has 0 fully saturated rings. The molecule has 228 valence electrons. The summed E-state index contributed by atoms with van der Waals surface area (Å²) in [6.07, 6.45) is 19.8. The number of carbonyl (C=O) groups excluding carboxylic acids is 2. The van der Waals surface area contributed by atoms with E-state index in [4.69, 9.17) is 24.3 Å². The van der Waals surface area contributed by atoms with Crippen LogP contribution in [0.15, 0.2) is 48.5 Å². The molecule has 0 aliphatic carbocycles. The van der Waals surface area contributed by atoms with Gasteiger partial charge in [0.25, 0.3) is 0 Å². The van der Waals surface area contributed by atoms with E-state index >= 15 is 0 Å². The Bertz CT molecular complexity index is 863. The van der Waals surface area contributed by atoms with Gasteiger partial charge in [-0.2, -0.15) is 0 Å². The Balaban J connectivity index is 1.55. The Hall–Kier alpha value is -3.06. The minimum absolute atomic E-state index is 0.230. The summed E-state index contributed by atoms with van der Waals surface area (Å²) in [4.78, 5) is 34.4. The van der Waals surface area contributed by atoms with Gasteiger partial charge in [-0.05, 0) is 61.4 Å². The number of ether oxygens (including phenoxy) is 2. The molecule has 41 heavy (non-hydrogen) atoms. The molecule has 0 aliphatic rings. The van der Waals surface area contributed by atoms with Crippen molar-refractivity contribution >= 4 is 11.9 Å². The molecule has 0 amide bonds. The van der Waals surface area contributed by atoms with E-state index in [0.29, 0.717) is 35.8 Å². The smallest absolute Gasteiger partial charge is 0.311 e. The molecule has 7 nitrogen and oxygen atoms in total. The van der Waals surface area contributed by atoms with E-state index in [9.17, 15) is 9.59 Å². The maximum atomic E-state index is 12.1. The molecule has 0 saturated heterocycles. The lowest BCUT2D eigenvalue weighted by Gasteiger charge is -2.08. The minimum atomic E-state index is -0.230. The lowest BCUT2D eigenvalue weighted by molar-refractivity contribution is -0.411. The van der Waals surface area contributed by atoms with Crippen molar-refractivity contribution < 1.29 is 33.9 Å². The van der Waals surface area contributed by atoms with E-state index in [1.165, 1.54) is 77.0 Å². The maximum absolute atomic E-state index is 12.1. The molecule has 0 N–H and O–H groups in total. The Morgan fingerprint density at radius 3 is 1.07 bits per heavy atom. The summed E-state index contributed by atoms with van der Waals surface area (Å²) in [6.45, 7) is 4.44. The zero-order chi connectivity index (χ0) is 29.4. The van der Waals surface area contributed by atoms with Gasteiger partial charge in [-0.3, -0.25) is 19.4 Å². The maximum Gasteiger partial charge on any atom is 0.311 e. The van der Waals surface area contributed by atoms with Gasteiger partial charge < -0.3 is 9.47 Å². The molecular weight excluding hydrogens is 520 g/mol. The summed E-state index contributed by atoms with van der Waals surface area (Å²) < 4.78 is 10.8. The molecule has 0 unspecified atom stereocenters. The van der Waals surface area contributed by atoms with Crippen LogP contribution in [0, 0.1) is 0 Å². The second-order valence-electron chi connectivity index (χ2n) is 10.6. The first-order valence-corrected chi connectivity index (χ1v) is 15.7. The minimum Gasteiger partial charge on any atom is -0.427 e. The summed E-state index contributed by atoms with van der Waals surface area (Å²) in [5.74, 6) is 1.22. The zero-order valence-corrected chi connectivity index (χ0v) is 25.2. The summed E-state index contributed by atoms with van der Waals surface area (Å²) in [5.41, 5.74) is 0. The third-order valence-electron chi connectivity index (χ3n) is 6.84. The largest absolute Gasteiger partial charge is 0.427 e. The fourth-order valence-corrected chi connectivity index (χ4v) is 4.39. The number of carbonyl (C=O) groups is 2. The van der Waals surface area contributed by atoms with Crippen LogP contribution in [0.1, 0.15) is 129 Å². The van der Waals surface area contributed by atoms with Crippen molar-refractivity contribution in [1.82, 2.24) is 0 Å². The lowest BCUT2D eigenvalue weighted by atomic mass is 10.1. The van der Waals surface area contributed by atoms with Gasteiger partial charge in [0.05, 0.1) is 0 Å². The first kappa shape index (κ1) is 34.1. The first-order valence-electron chi connectivity index (χ1n) is 15.7. The predicted molar refractivity (Wildman–Crippen MR) is 161 cm³/mol. The number of hydrogen-bond donors (Lipinski definition) is 0. The first-order chi connectivity index (χ1) is 20.1. The van der Waals surface area contributed by atoms with Crippen LogP contribution in [0.3, 0.4) is 0 Å². The quantitative estimate of drug-likeness (QED) is 0.0408. The molecule has 2 aromatic rings. The van der Waals surface area contributed by atoms with Crippen LogP contribution in [0.4, 0.5) is 0 Å². The van der Waals surface area contributed by atoms with E-state index in [2.05, 4.69) is 13.8 Å². The topological polar surface area (TPSA) is 80.3 Å². The highest BCUT2D eigenvalue weighted by atomic mass is 17.5. The number of unbranched alkanes of at least 4 members (excludes halogenated alkanes) is 14. The molecule has 0 radical (unpaired) electrons. The van der Waals surface area contributed by atoms with Crippen molar-refractivity contribution in [1.29, 1.82) is 0 Å². The number of benzene rings is 2. The monoisotopic (exact) mass is 570 g/mol. The number of hydrogen-bond acceptors (Lipinski definition) is 7. The van der Waals surface area contributed by atoms with E-state index in [-0.39, 0.29) is 11.9 Å². The fraction of sp³-hybridized carbons (Fsp3) is 0.588. The van der Waals surface area contributed by atoms with Gasteiger partial charge in [-0.15, -0.1) is 0 Å². The van der Waals surface area contributed by atoms with Crippen LogP contribution in [-0.4, -0.2) is 11.9 Å². The van der Waals surface area contributed by atoms with Crippen LogP contribution in [-0.2, 0) is 14.6 Å². The van der Waals surface area contributed by atoms with Gasteiger partial charge in [-0.25, -0.2) is 0 Å². The van der Waals surface area contributed by atoms with Gasteiger partial charge in [0.2, 0.25) is 0 Å². The van der Waals surface area contributed by atoms with Crippen molar-refractivity contribution in [3.05, 3.63) is 48.5 Å². The summed E-state index contributed by atoms with van der Waals surface area (Å²) >= 11 is 0. The normalized spacial score (nSPS) is 10.8. The molecule has 0 bridgehead atoms. The van der Waals surface area contributed by atoms with Gasteiger partial charge in [-0.1, -0.05) is 104 Å². The summed E-state index contributed by atoms with van der Waals surface area (Å²) in [6, 6.07) is 13.0. The molecule has 0 spiro atoms. The molecule has 0 aliphatic heterocycles. The van der Waals surface area contributed by atoms with Crippen LogP contribution >= 0.6 is 0 Å².